The fraction of sp³-hybridized carbons (Fsp3) is 0.889. The molecule has 0 aromatic carbocycles. The molecule has 88 valence electrons. The molecule has 1 aliphatic rings. The van der Waals surface area contributed by atoms with Crippen molar-refractivity contribution in [3.05, 3.63) is 0 Å². The first kappa shape index (κ1) is 12.3. The van der Waals surface area contributed by atoms with Gasteiger partial charge in [-0.2, -0.15) is 0 Å². The zero-order chi connectivity index (χ0) is 11.5. The Morgan fingerprint density at radius 2 is 2.33 bits per heavy atom. The highest BCUT2D eigenvalue weighted by Crippen LogP contribution is 2.27. The van der Waals surface area contributed by atoms with Crippen LogP contribution in [0.3, 0.4) is 0 Å². The lowest BCUT2D eigenvalue weighted by Gasteiger charge is -2.24. The van der Waals surface area contributed by atoms with Crippen LogP contribution in [0.4, 0.5) is 8.78 Å². The lowest BCUT2D eigenvalue weighted by atomic mass is 10.1. The van der Waals surface area contributed by atoms with Gasteiger partial charge in [-0.05, 0) is 7.05 Å². The van der Waals surface area contributed by atoms with E-state index in [0.29, 0.717) is 13.1 Å². The molecule has 1 aliphatic heterocycles. The maximum absolute atomic E-state index is 13.2. The fourth-order valence-corrected chi connectivity index (χ4v) is 1.62. The smallest absolute Gasteiger partial charge is 0.304 e. The average Bonchev–Trinajstić information content (AvgIpc) is 2.43. The molecule has 0 bridgehead atoms. The second-order valence-corrected chi connectivity index (χ2v) is 3.92. The van der Waals surface area contributed by atoms with Crippen molar-refractivity contribution in [3.63, 3.8) is 0 Å². The number of hydrogen-bond acceptors (Lipinski definition) is 3. The average molecular weight is 222 g/mol. The molecule has 4 nitrogen and oxygen atoms in total. The molecule has 0 amide bonds. The summed E-state index contributed by atoms with van der Waals surface area (Å²) in [7, 11) is 1.65. The number of nitrogens with zero attached hydrogens (tertiary/aromatic N) is 1. The molecule has 1 saturated heterocycles. The highest BCUT2D eigenvalue weighted by atomic mass is 19.3. The molecular formula is C9H16F2N2O2. The third kappa shape index (κ3) is 3.71. The summed E-state index contributed by atoms with van der Waals surface area (Å²) in [5.74, 6) is -3.58. The van der Waals surface area contributed by atoms with E-state index in [1.54, 1.807) is 11.9 Å². The minimum absolute atomic E-state index is 0.0191. The van der Waals surface area contributed by atoms with Crippen LogP contribution < -0.4 is 5.32 Å². The SMILES string of the molecule is CN(CCC(=O)O)CC1NCCC1(F)F. The van der Waals surface area contributed by atoms with E-state index >= 15 is 0 Å². The van der Waals surface area contributed by atoms with Gasteiger partial charge >= 0.3 is 5.97 Å². The standard InChI is InChI=1S/C9H16F2N2O2/c1-13(5-2-8(14)15)6-7-9(10,11)3-4-12-7/h7,12H,2-6H2,1H3,(H,14,15). The molecule has 1 rings (SSSR count). The maximum Gasteiger partial charge on any atom is 0.304 e. The van der Waals surface area contributed by atoms with Gasteiger partial charge < -0.3 is 15.3 Å². The van der Waals surface area contributed by atoms with Gasteiger partial charge in [0.15, 0.2) is 0 Å². The third-order valence-electron chi connectivity index (χ3n) is 2.56. The summed E-state index contributed by atoms with van der Waals surface area (Å²) in [4.78, 5) is 11.9. The zero-order valence-corrected chi connectivity index (χ0v) is 8.67. The van der Waals surface area contributed by atoms with E-state index in [-0.39, 0.29) is 19.4 Å². The van der Waals surface area contributed by atoms with E-state index in [4.69, 9.17) is 5.11 Å². The van der Waals surface area contributed by atoms with Gasteiger partial charge in [-0.15, -0.1) is 0 Å². The first-order chi connectivity index (χ1) is 6.92. The van der Waals surface area contributed by atoms with E-state index < -0.39 is 17.9 Å². The summed E-state index contributed by atoms with van der Waals surface area (Å²) in [6.07, 6.45) is -0.154. The van der Waals surface area contributed by atoms with Crippen LogP contribution in [-0.2, 0) is 4.79 Å². The van der Waals surface area contributed by atoms with Crippen molar-refractivity contribution in [1.82, 2.24) is 10.2 Å². The van der Waals surface area contributed by atoms with Crippen molar-refractivity contribution in [2.24, 2.45) is 0 Å². The summed E-state index contributed by atoms with van der Waals surface area (Å²) in [5.41, 5.74) is 0. The van der Waals surface area contributed by atoms with E-state index in [1.807, 2.05) is 0 Å². The maximum atomic E-state index is 13.2. The van der Waals surface area contributed by atoms with Gasteiger partial charge in [0.2, 0.25) is 0 Å². The highest BCUT2D eigenvalue weighted by molar-refractivity contribution is 5.66. The Kier molecular flexibility index (Phi) is 3.98. The summed E-state index contributed by atoms with van der Waals surface area (Å²) in [5, 5.41) is 11.2. The molecule has 2 N–H and O–H groups in total. The molecule has 0 aromatic rings. The number of hydrogen-bond donors (Lipinski definition) is 2. The van der Waals surface area contributed by atoms with E-state index in [0.717, 1.165) is 0 Å². The number of aliphatic carboxylic acids is 1. The van der Waals surface area contributed by atoms with Gasteiger partial charge in [0.25, 0.3) is 5.92 Å². The van der Waals surface area contributed by atoms with Gasteiger partial charge in [0.1, 0.15) is 0 Å². The Labute approximate surface area is 87.2 Å². The Morgan fingerprint density at radius 1 is 1.67 bits per heavy atom. The molecule has 1 atom stereocenters. The molecule has 0 spiro atoms. The Morgan fingerprint density at radius 3 is 2.80 bits per heavy atom. The quantitative estimate of drug-likeness (QED) is 0.706. The second kappa shape index (κ2) is 4.85. The highest BCUT2D eigenvalue weighted by Gasteiger charge is 2.43. The Bertz CT molecular complexity index is 236. The monoisotopic (exact) mass is 222 g/mol. The van der Waals surface area contributed by atoms with Gasteiger partial charge in [-0.25, -0.2) is 8.78 Å². The lowest BCUT2D eigenvalue weighted by Crippen LogP contribution is -2.44. The second-order valence-electron chi connectivity index (χ2n) is 3.92. The predicted octanol–water partition coefficient (Wildman–Crippen LogP) is 0.390. The molecule has 0 aliphatic carbocycles. The van der Waals surface area contributed by atoms with Crippen LogP contribution in [0, 0.1) is 0 Å². The number of carboxylic acid groups (broad SMARTS) is 1. The molecule has 15 heavy (non-hydrogen) atoms. The van der Waals surface area contributed by atoms with Crippen molar-refractivity contribution in [3.8, 4) is 0 Å². The minimum atomic E-state index is -2.67. The zero-order valence-electron chi connectivity index (χ0n) is 8.67. The number of carbonyl (C=O) groups is 1. The topological polar surface area (TPSA) is 52.6 Å². The van der Waals surface area contributed by atoms with Gasteiger partial charge in [0.05, 0.1) is 12.5 Å². The van der Waals surface area contributed by atoms with Gasteiger partial charge in [-0.1, -0.05) is 0 Å². The van der Waals surface area contributed by atoms with Crippen molar-refractivity contribution >= 4 is 5.97 Å². The molecule has 6 heteroatoms. The van der Waals surface area contributed by atoms with E-state index in [2.05, 4.69) is 5.32 Å². The summed E-state index contributed by atoms with van der Waals surface area (Å²) in [6.45, 7) is 0.800. The van der Waals surface area contributed by atoms with Crippen LogP contribution in [0.15, 0.2) is 0 Å². The third-order valence-corrected chi connectivity index (χ3v) is 2.56. The number of likely N-dealkylation sites (N-methyl/N-ethyl adjacent to an activating group) is 1. The van der Waals surface area contributed by atoms with E-state index in [9.17, 15) is 13.6 Å². The molecule has 0 radical (unpaired) electrons. The lowest BCUT2D eigenvalue weighted by molar-refractivity contribution is -0.137. The number of nitrogens with one attached hydrogen (secondary N) is 1. The van der Waals surface area contributed by atoms with Crippen LogP contribution in [0.5, 0.6) is 0 Å². The summed E-state index contributed by atoms with van der Waals surface area (Å²) >= 11 is 0. The van der Waals surface area contributed by atoms with Crippen LogP contribution in [0.2, 0.25) is 0 Å². The van der Waals surface area contributed by atoms with Crippen molar-refractivity contribution in [1.29, 1.82) is 0 Å². The van der Waals surface area contributed by atoms with Crippen molar-refractivity contribution < 1.29 is 18.7 Å². The molecular weight excluding hydrogens is 206 g/mol. The van der Waals surface area contributed by atoms with Crippen molar-refractivity contribution in [2.45, 2.75) is 24.8 Å². The van der Waals surface area contributed by atoms with Crippen LogP contribution in [0.1, 0.15) is 12.8 Å². The Hall–Kier alpha value is -0.750. The van der Waals surface area contributed by atoms with Gasteiger partial charge in [0, 0.05) is 26.1 Å². The molecule has 0 aromatic heterocycles. The fourth-order valence-electron chi connectivity index (χ4n) is 1.62. The number of rotatable bonds is 5. The Balaban J connectivity index is 2.31. The van der Waals surface area contributed by atoms with Crippen LogP contribution in [-0.4, -0.2) is 54.6 Å². The molecule has 1 heterocycles. The first-order valence-electron chi connectivity index (χ1n) is 4.93. The van der Waals surface area contributed by atoms with Crippen LogP contribution >= 0.6 is 0 Å². The molecule has 1 fully saturated rings. The predicted molar refractivity (Wildman–Crippen MR) is 51.1 cm³/mol. The largest absolute Gasteiger partial charge is 0.481 e. The van der Waals surface area contributed by atoms with E-state index in [1.165, 1.54) is 0 Å². The number of carboxylic acids is 1. The number of alkyl halides is 2. The van der Waals surface area contributed by atoms with Crippen LogP contribution in [0.25, 0.3) is 0 Å². The summed E-state index contributed by atoms with van der Waals surface area (Å²) < 4.78 is 26.3. The normalized spacial score (nSPS) is 24.7. The molecule has 1 unspecified atom stereocenters. The van der Waals surface area contributed by atoms with Gasteiger partial charge in [-0.3, -0.25) is 4.79 Å². The van der Waals surface area contributed by atoms with Crippen molar-refractivity contribution in [2.75, 3.05) is 26.7 Å². The minimum Gasteiger partial charge on any atom is -0.481 e. The summed E-state index contributed by atoms with van der Waals surface area (Å²) in [6, 6.07) is -0.851. The molecule has 0 saturated carbocycles. The first-order valence-corrected chi connectivity index (χ1v) is 4.93. The number of halogens is 2.